The van der Waals surface area contributed by atoms with Crippen LogP contribution < -0.4 is 10.6 Å². The maximum atomic E-state index is 11.7. The van der Waals surface area contributed by atoms with Crippen LogP contribution in [-0.2, 0) is 4.79 Å². The molecular formula is C16H24N2O. The van der Waals surface area contributed by atoms with Crippen molar-refractivity contribution in [3.05, 3.63) is 35.9 Å². The molecule has 19 heavy (non-hydrogen) atoms. The largest absolute Gasteiger partial charge is 0.352 e. The Morgan fingerprint density at radius 2 is 1.95 bits per heavy atom. The van der Waals surface area contributed by atoms with Crippen LogP contribution in [0.1, 0.15) is 44.1 Å². The van der Waals surface area contributed by atoms with Crippen LogP contribution >= 0.6 is 0 Å². The Labute approximate surface area is 115 Å². The summed E-state index contributed by atoms with van der Waals surface area (Å²) in [5, 5.41) is 6.34. The number of carbonyl (C=O) groups excluding carboxylic acids is 1. The van der Waals surface area contributed by atoms with E-state index in [-0.39, 0.29) is 5.91 Å². The molecule has 1 unspecified atom stereocenters. The summed E-state index contributed by atoms with van der Waals surface area (Å²) in [6, 6.07) is 10.8. The fourth-order valence-corrected chi connectivity index (χ4v) is 2.65. The van der Waals surface area contributed by atoms with Crippen LogP contribution in [0.25, 0.3) is 0 Å². The number of amides is 1. The van der Waals surface area contributed by atoms with Crippen LogP contribution in [0.4, 0.5) is 0 Å². The van der Waals surface area contributed by atoms with Gasteiger partial charge in [0.25, 0.3) is 0 Å². The van der Waals surface area contributed by atoms with Gasteiger partial charge in [0.05, 0.1) is 6.54 Å². The zero-order valence-electron chi connectivity index (χ0n) is 11.7. The van der Waals surface area contributed by atoms with Crippen molar-refractivity contribution in [1.82, 2.24) is 10.6 Å². The van der Waals surface area contributed by atoms with Gasteiger partial charge in [0.15, 0.2) is 0 Å². The van der Waals surface area contributed by atoms with E-state index in [0.29, 0.717) is 18.5 Å². The Morgan fingerprint density at radius 1 is 1.26 bits per heavy atom. The summed E-state index contributed by atoms with van der Waals surface area (Å²) >= 11 is 0. The zero-order valence-corrected chi connectivity index (χ0v) is 11.7. The summed E-state index contributed by atoms with van der Waals surface area (Å²) in [5.41, 5.74) is 1.31. The number of benzene rings is 1. The quantitative estimate of drug-likeness (QED) is 0.825. The van der Waals surface area contributed by atoms with Gasteiger partial charge in [-0.3, -0.25) is 4.79 Å². The minimum absolute atomic E-state index is 0.132. The molecule has 1 aliphatic rings. The van der Waals surface area contributed by atoms with E-state index in [9.17, 15) is 4.79 Å². The number of hydrogen-bond acceptors (Lipinski definition) is 2. The Balaban J connectivity index is 1.64. The normalized spacial score (nSPS) is 17.3. The van der Waals surface area contributed by atoms with Crippen molar-refractivity contribution in [3.63, 3.8) is 0 Å². The maximum absolute atomic E-state index is 11.7. The summed E-state index contributed by atoms with van der Waals surface area (Å²) in [5.74, 6) is 0.563. The molecule has 1 aromatic carbocycles. The molecule has 0 aromatic heterocycles. The molecule has 0 bridgehead atoms. The van der Waals surface area contributed by atoms with Gasteiger partial charge in [-0.2, -0.15) is 0 Å². The fraction of sp³-hybridized carbons (Fsp3) is 0.562. The lowest BCUT2D eigenvalue weighted by atomic mass is 10.0. The zero-order chi connectivity index (χ0) is 13.5. The van der Waals surface area contributed by atoms with Crippen molar-refractivity contribution in [2.75, 3.05) is 13.1 Å². The molecule has 0 radical (unpaired) electrons. The summed E-state index contributed by atoms with van der Waals surface area (Å²) < 4.78 is 0. The molecule has 3 heteroatoms. The maximum Gasteiger partial charge on any atom is 0.234 e. The molecule has 0 spiro atoms. The van der Waals surface area contributed by atoms with Gasteiger partial charge in [-0.25, -0.2) is 0 Å². The molecule has 1 amide bonds. The highest BCUT2D eigenvalue weighted by molar-refractivity contribution is 5.78. The van der Waals surface area contributed by atoms with Gasteiger partial charge in [0, 0.05) is 12.6 Å². The van der Waals surface area contributed by atoms with E-state index >= 15 is 0 Å². The van der Waals surface area contributed by atoms with E-state index < -0.39 is 0 Å². The number of rotatable bonds is 6. The van der Waals surface area contributed by atoms with E-state index in [1.165, 1.54) is 18.4 Å². The monoisotopic (exact) mass is 260 g/mol. The second-order valence-corrected chi connectivity index (χ2v) is 5.49. The molecule has 0 saturated heterocycles. The average molecular weight is 260 g/mol. The van der Waals surface area contributed by atoms with Gasteiger partial charge in [0.2, 0.25) is 5.91 Å². The molecule has 2 rings (SSSR count). The summed E-state index contributed by atoms with van der Waals surface area (Å²) in [4.78, 5) is 11.7. The first-order valence-electron chi connectivity index (χ1n) is 7.30. The number of hydrogen-bond donors (Lipinski definition) is 2. The SMILES string of the molecule is CC(CNCC(=O)NC1CCCC1)c1ccccc1. The molecule has 1 saturated carbocycles. The fourth-order valence-electron chi connectivity index (χ4n) is 2.65. The van der Waals surface area contributed by atoms with Crippen LogP contribution in [-0.4, -0.2) is 25.0 Å². The van der Waals surface area contributed by atoms with Crippen LogP contribution in [0.5, 0.6) is 0 Å². The van der Waals surface area contributed by atoms with E-state index in [2.05, 4.69) is 41.8 Å². The minimum atomic E-state index is 0.132. The molecule has 2 N–H and O–H groups in total. The lowest BCUT2D eigenvalue weighted by Gasteiger charge is -2.15. The second kappa shape index (κ2) is 7.29. The smallest absolute Gasteiger partial charge is 0.234 e. The van der Waals surface area contributed by atoms with Crippen LogP contribution in [0.15, 0.2) is 30.3 Å². The Kier molecular flexibility index (Phi) is 5.40. The molecule has 1 aromatic rings. The summed E-state index contributed by atoms with van der Waals surface area (Å²) in [6.07, 6.45) is 4.80. The number of nitrogens with one attached hydrogen (secondary N) is 2. The molecule has 1 aliphatic carbocycles. The highest BCUT2D eigenvalue weighted by Crippen LogP contribution is 2.17. The molecular weight excluding hydrogens is 236 g/mol. The van der Waals surface area contributed by atoms with Crippen molar-refractivity contribution >= 4 is 5.91 Å². The van der Waals surface area contributed by atoms with E-state index in [4.69, 9.17) is 0 Å². The van der Waals surface area contributed by atoms with Crippen LogP contribution in [0, 0.1) is 0 Å². The third-order valence-electron chi connectivity index (χ3n) is 3.82. The highest BCUT2D eigenvalue weighted by Gasteiger charge is 2.16. The standard InChI is InChI=1S/C16H24N2O/c1-13(14-7-3-2-4-8-14)11-17-12-16(19)18-15-9-5-6-10-15/h2-4,7-8,13,15,17H,5-6,9-12H2,1H3,(H,18,19). The molecule has 1 fully saturated rings. The van der Waals surface area contributed by atoms with Crippen molar-refractivity contribution in [1.29, 1.82) is 0 Å². The van der Waals surface area contributed by atoms with Crippen molar-refractivity contribution < 1.29 is 4.79 Å². The summed E-state index contributed by atoms with van der Waals surface area (Å²) in [7, 11) is 0. The van der Waals surface area contributed by atoms with Gasteiger partial charge >= 0.3 is 0 Å². The number of carbonyl (C=O) groups is 1. The van der Waals surface area contributed by atoms with Crippen molar-refractivity contribution in [3.8, 4) is 0 Å². The predicted molar refractivity (Wildman–Crippen MR) is 78.1 cm³/mol. The van der Waals surface area contributed by atoms with Gasteiger partial charge < -0.3 is 10.6 Å². The van der Waals surface area contributed by atoms with E-state index in [1.54, 1.807) is 0 Å². The Bertz CT molecular complexity index is 385. The van der Waals surface area contributed by atoms with Gasteiger partial charge in [-0.05, 0) is 24.3 Å². The van der Waals surface area contributed by atoms with Gasteiger partial charge in [-0.1, -0.05) is 50.1 Å². The van der Waals surface area contributed by atoms with Gasteiger partial charge in [-0.15, -0.1) is 0 Å². The molecule has 104 valence electrons. The third kappa shape index (κ3) is 4.67. The Morgan fingerprint density at radius 3 is 2.63 bits per heavy atom. The molecule has 0 aliphatic heterocycles. The molecule has 1 atom stereocenters. The summed E-state index contributed by atoms with van der Waals surface area (Å²) in [6.45, 7) is 3.44. The lowest BCUT2D eigenvalue weighted by molar-refractivity contribution is -0.120. The van der Waals surface area contributed by atoms with Gasteiger partial charge in [0.1, 0.15) is 0 Å². The van der Waals surface area contributed by atoms with E-state index in [0.717, 1.165) is 19.4 Å². The third-order valence-corrected chi connectivity index (χ3v) is 3.82. The molecule has 3 nitrogen and oxygen atoms in total. The predicted octanol–water partition coefficient (Wildman–Crippen LogP) is 2.44. The second-order valence-electron chi connectivity index (χ2n) is 5.49. The lowest BCUT2D eigenvalue weighted by Crippen LogP contribution is -2.39. The first-order valence-corrected chi connectivity index (χ1v) is 7.30. The van der Waals surface area contributed by atoms with Crippen molar-refractivity contribution in [2.24, 2.45) is 0 Å². The van der Waals surface area contributed by atoms with Crippen LogP contribution in [0.3, 0.4) is 0 Å². The first-order chi connectivity index (χ1) is 9.25. The molecule has 0 heterocycles. The topological polar surface area (TPSA) is 41.1 Å². The van der Waals surface area contributed by atoms with E-state index in [1.807, 2.05) is 6.07 Å². The van der Waals surface area contributed by atoms with Crippen molar-refractivity contribution in [2.45, 2.75) is 44.6 Å². The highest BCUT2D eigenvalue weighted by atomic mass is 16.1. The average Bonchev–Trinajstić information content (AvgIpc) is 2.92. The first kappa shape index (κ1) is 14.1. The Hall–Kier alpha value is -1.35. The minimum Gasteiger partial charge on any atom is -0.352 e. The van der Waals surface area contributed by atoms with Crippen LogP contribution in [0.2, 0.25) is 0 Å².